The maximum atomic E-state index is 12.1. The van der Waals surface area contributed by atoms with E-state index in [1.54, 1.807) is 12.0 Å². The number of amides is 1. The van der Waals surface area contributed by atoms with Crippen LogP contribution in [0.25, 0.3) is 0 Å². The van der Waals surface area contributed by atoms with E-state index in [1.807, 2.05) is 6.92 Å². The molecular formula is C11H18N2O3S2. The highest BCUT2D eigenvalue weighted by Crippen LogP contribution is 2.16. The van der Waals surface area contributed by atoms with E-state index >= 15 is 0 Å². The van der Waals surface area contributed by atoms with Crippen LogP contribution in [0.3, 0.4) is 0 Å². The third-order valence-electron chi connectivity index (χ3n) is 2.52. The van der Waals surface area contributed by atoms with E-state index in [1.165, 1.54) is 11.3 Å². The van der Waals surface area contributed by atoms with Gasteiger partial charge in [-0.25, -0.2) is 0 Å². The highest BCUT2D eigenvalue weighted by Gasteiger charge is 2.15. The van der Waals surface area contributed by atoms with Gasteiger partial charge < -0.3 is 19.7 Å². The Bertz CT molecular complexity index is 442. The summed E-state index contributed by atoms with van der Waals surface area (Å²) in [5, 5.41) is 8.95. The molecule has 0 spiro atoms. The largest absolute Gasteiger partial charge is 0.395 e. The number of aliphatic hydroxyl groups is 1. The summed E-state index contributed by atoms with van der Waals surface area (Å²) in [4.78, 5) is 17.7. The standard InChI is InChI=1S/C11H18N2O3S2/c1-8-9(18-11(17)12-8)7-10(15)13(3-5-14)4-6-16-2/h14H,3-7H2,1-2H3,(H,12,17). The molecule has 0 bridgehead atoms. The summed E-state index contributed by atoms with van der Waals surface area (Å²) < 4.78 is 5.63. The Kier molecular flexibility index (Phi) is 6.48. The van der Waals surface area contributed by atoms with Gasteiger partial charge in [0.05, 0.1) is 19.6 Å². The molecule has 102 valence electrons. The zero-order valence-corrected chi connectivity index (χ0v) is 12.2. The molecule has 1 rings (SSSR count). The van der Waals surface area contributed by atoms with Crippen molar-refractivity contribution in [1.82, 2.24) is 9.88 Å². The number of aliphatic hydroxyl groups excluding tert-OH is 1. The number of ether oxygens (including phenoxy) is 1. The average molecular weight is 290 g/mol. The van der Waals surface area contributed by atoms with E-state index in [9.17, 15) is 4.79 Å². The number of aromatic nitrogens is 1. The number of nitrogens with zero attached hydrogens (tertiary/aromatic N) is 1. The fraction of sp³-hybridized carbons (Fsp3) is 0.636. The molecule has 0 radical (unpaired) electrons. The number of hydrogen-bond donors (Lipinski definition) is 2. The Morgan fingerprint density at radius 1 is 1.56 bits per heavy atom. The SMILES string of the molecule is COCCN(CCO)C(=O)Cc1sc(=S)[nH]c1C. The first-order chi connectivity index (χ1) is 8.58. The second-order valence-electron chi connectivity index (χ2n) is 3.84. The summed E-state index contributed by atoms with van der Waals surface area (Å²) in [6.45, 7) is 3.15. The number of rotatable bonds is 7. The molecule has 1 heterocycles. The Morgan fingerprint density at radius 2 is 2.28 bits per heavy atom. The van der Waals surface area contributed by atoms with E-state index in [0.717, 1.165) is 10.6 Å². The molecule has 0 aliphatic heterocycles. The van der Waals surface area contributed by atoms with Crippen LogP contribution in [0.1, 0.15) is 10.6 Å². The lowest BCUT2D eigenvalue weighted by Gasteiger charge is -2.21. The van der Waals surface area contributed by atoms with Crippen LogP contribution >= 0.6 is 23.6 Å². The minimum absolute atomic E-state index is 0.0190. The molecule has 0 fully saturated rings. The van der Waals surface area contributed by atoms with Crippen LogP contribution in [0.5, 0.6) is 0 Å². The van der Waals surface area contributed by atoms with Gasteiger partial charge in [0.25, 0.3) is 0 Å². The Morgan fingerprint density at radius 3 is 2.78 bits per heavy atom. The predicted molar refractivity (Wildman–Crippen MR) is 73.5 cm³/mol. The van der Waals surface area contributed by atoms with E-state index in [2.05, 4.69) is 4.98 Å². The van der Waals surface area contributed by atoms with E-state index < -0.39 is 0 Å². The van der Waals surface area contributed by atoms with Gasteiger partial charge in [0, 0.05) is 30.8 Å². The van der Waals surface area contributed by atoms with Crippen molar-refractivity contribution in [3.63, 3.8) is 0 Å². The number of methoxy groups -OCH3 is 1. The number of aryl methyl sites for hydroxylation is 1. The van der Waals surface area contributed by atoms with Crippen molar-refractivity contribution in [2.75, 3.05) is 33.4 Å². The molecule has 7 heteroatoms. The third-order valence-corrected chi connectivity index (χ3v) is 3.86. The maximum absolute atomic E-state index is 12.1. The van der Waals surface area contributed by atoms with Crippen molar-refractivity contribution in [1.29, 1.82) is 0 Å². The molecule has 0 saturated heterocycles. The van der Waals surface area contributed by atoms with Crippen molar-refractivity contribution < 1.29 is 14.6 Å². The van der Waals surface area contributed by atoms with Gasteiger partial charge in [-0.2, -0.15) is 0 Å². The summed E-state index contributed by atoms with van der Waals surface area (Å²) in [6, 6.07) is 0. The zero-order valence-electron chi connectivity index (χ0n) is 10.6. The lowest BCUT2D eigenvalue weighted by Crippen LogP contribution is -2.37. The fourth-order valence-corrected chi connectivity index (χ4v) is 2.82. The highest BCUT2D eigenvalue weighted by molar-refractivity contribution is 7.73. The fourth-order valence-electron chi connectivity index (χ4n) is 1.54. The molecule has 0 aromatic carbocycles. The van der Waals surface area contributed by atoms with Crippen molar-refractivity contribution in [2.45, 2.75) is 13.3 Å². The lowest BCUT2D eigenvalue weighted by molar-refractivity contribution is -0.131. The van der Waals surface area contributed by atoms with Crippen molar-refractivity contribution in [2.24, 2.45) is 0 Å². The number of carbonyl (C=O) groups excluding carboxylic acids is 1. The summed E-state index contributed by atoms with van der Waals surface area (Å²) in [7, 11) is 1.59. The lowest BCUT2D eigenvalue weighted by atomic mass is 10.2. The minimum Gasteiger partial charge on any atom is -0.395 e. The van der Waals surface area contributed by atoms with Crippen molar-refractivity contribution in [3.05, 3.63) is 14.5 Å². The van der Waals surface area contributed by atoms with E-state index in [-0.39, 0.29) is 12.5 Å². The normalized spacial score (nSPS) is 10.6. The molecule has 18 heavy (non-hydrogen) atoms. The average Bonchev–Trinajstić information content (AvgIpc) is 2.63. The Balaban J connectivity index is 2.65. The molecule has 0 atom stereocenters. The summed E-state index contributed by atoms with van der Waals surface area (Å²) in [5.74, 6) is -0.0190. The molecule has 0 aliphatic rings. The predicted octanol–water partition coefficient (Wildman–Crippen LogP) is 1.12. The van der Waals surface area contributed by atoms with Crippen molar-refractivity contribution >= 4 is 29.5 Å². The first kappa shape index (κ1) is 15.3. The molecule has 0 saturated carbocycles. The third kappa shape index (κ3) is 4.49. The van der Waals surface area contributed by atoms with Gasteiger partial charge in [0.15, 0.2) is 3.95 Å². The van der Waals surface area contributed by atoms with Gasteiger partial charge in [-0.15, -0.1) is 11.3 Å². The second kappa shape index (κ2) is 7.63. The summed E-state index contributed by atoms with van der Waals surface area (Å²) in [5.41, 5.74) is 0.939. The van der Waals surface area contributed by atoms with E-state index in [4.69, 9.17) is 22.1 Å². The van der Waals surface area contributed by atoms with Crippen LogP contribution in [-0.4, -0.2) is 54.3 Å². The van der Waals surface area contributed by atoms with Gasteiger partial charge >= 0.3 is 0 Å². The Labute approximate surface area is 115 Å². The molecule has 0 aliphatic carbocycles. The van der Waals surface area contributed by atoms with Crippen LogP contribution in [0.15, 0.2) is 0 Å². The number of thiazole rings is 1. The topological polar surface area (TPSA) is 65.6 Å². The van der Waals surface area contributed by atoms with Gasteiger partial charge in [-0.1, -0.05) is 0 Å². The molecule has 1 amide bonds. The second-order valence-corrected chi connectivity index (χ2v) is 5.61. The zero-order chi connectivity index (χ0) is 13.5. The van der Waals surface area contributed by atoms with Gasteiger partial charge in [-0.3, -0.25) is 4.79 Å². The number of nitrogens with one attached hydrogen (secondary N) is 1. The monoisotopic (exact) mass is 290 g/mol. The molecule has 1 aromatic heterocycles. The van der Waals surface area contributed by atoms with E-state index in [0.29, 0.717) is 30.1 Å². The molecule has 0 unspecified atom stereocenters. The summed E-state index contributed by atoms with van der Waals surface area (Å²) in [6.07, 6.45) is 0.313. The molecule has 2 N–H and O–H groups in total. The quantitative estimate of drug-likeness (QED) is 0.739. The van der Waals surface area contributed by atoms with Crippen molar-refractivity contribution in [3.8, 4) is 0 Å². The smallest absolute Gasteiger partial charge is 0.228 e. The molecular weight excluding hydrogens is 272 g/mol. The molecule has 1 aromatic rings. The first-order valence-electron chi connectivity index (χ1n) is 5.64. The number of H-pyrrole nitrogens is 1. The van der Waals surface area contributed by atoms with Crippen LogP contribution in [0, 0.1) is 10.9 Å². The van der Waals surface area contributed by atoms with Gasteiger partial charge in [-0.05, 0) is 19.1 Å². The maximum Gasteiger partial charge on any atom is 0.228 e. The van der Waals surface area contributed by atoms with Crippen LogP contribution < -0.4 is 0 Å². The minimum atomic E-state index is -0.0444. The van der Waals surface area contributed by atoms with Crippen LogP contribution in [0.2, 0.25) is 0 Å². The van der Waals surface area contributed by atoms with Crippen LogP contribution in [-0.2, 0) is 16.0 Å². The van der Waals surface area contributed by atoms with Gasteiger partial charge in [0.1, 0.15) is 0 Å². The van der Waals surface area contributed by atoms with Crippen LogP contribution in [0.4, 0.5) is 0 Å². The Hall–Kier alpha value is -0.760. The summed E-state index contributed by atoms with van der Waals surface area (Å²) >= 11 is 6.46. The van der Waals surface area contributed by atoms with Gasteiger partial charge in [0.2, 0.25) is 5.91 Å². The number of carbonyl (C=O) groups is 1. The first-order valence-corrected chi connectivity index (χ1v) is 6.87. The molecule has 5 nitrogen and oxygen atoms in total. The highest BCUT2D eigenvalue weighted by atomic mass is 32.1. The number of aromatic amines is 1. The number of hydrogen-bond acceptors (Lipinski definition) is 5.